The van der Waals surface area contributed by atoms with E-state index in [1.807, 2.05) is 56.3 Å². The number of carbonyl (C=O) groups is 1. The van der Waals surface area contributed by atoms with Gasteiger partial charge in [0.2, 0.25) is 0 Å². The maximum atomic E-state index is 12.6. The van der Waals surface area contributed by atoms with Gasteiger partial charge in [0.25, 0.3) is 0 Å². The van der Waals surface area contributed by atoms with Crippen molar-refractivity contribution in [2.24, 2.45) is 0 Å². The number of benzene rings is 2. The van der Waals surface area contributed by atoms with E-state index in [-0.39, 0.29) is 11.3 Å². The number of aromatic nitrogens is 3. The van der Waals surface area contributed by atoms with E-state index in [4.69, 9.17) is 0 Å². The minimum Gasteiger partial charge on any atom is -0.478 e. The highest BCUT2D eigenvalue weighted by Gasteiger charge is 2.13. The highest BCUT2D eigenvalue weighted by molar-refractivity contribution is 5.95. The van der Waals surface area contributed by atoms with Crippen molar-refractivity contribution in [3.63, 3.8) is 0 Å². The molecule has 1 N–H and O–H groups in total. The molecule has 6 heteroatoms. The summed E-state index contributed by atoms with van der Waals surface area (Å²) >= 11 is 0. The number of aromatic carboxylic acids is 1. The van der Waals surface area contributed by atoms with Gasteiger partial charge in [-0.1, -0.05) is 54.6 Å². The fraction of sp³-hybridized carbons (Fsp3) is 0.227. The Balaban J connectivity index is 1.91. The van der Waals surface area contributed by atoms with Crippen LogP contribution in [0.4, 0.5) is 0 Å². The first kappa shape index (κ1) is 19.4. The van der Waals surface area contributed by atoms with Crippen LogP contribution in [0.5, 0.6) is 0 Å². The Bertz CT molecular complexity index is 1060. The molecular weight excluding hydrogens is 354 g/mol. The first-order valence-electron chi connectivity index (χ1n) is 9.24. The van der Waals surface area contributed by atoms with E-state index in [0.717, 1.165) is 17.0 Å². The molecule has 0 bridgehead atoms. The molecule has 0 saturated heterocycles. The van der Waals surface area contributed by atoms with Crippen LogP contribution in [0, 0.1) is 0 Å². The van der Waals surface area contributed by atoms with Gasteiger partial charge in [-0.2, -0.15) is 5.10 Å². The fourth-order valence-electron chi connectivity index (χ4n) is 3.12. The molecule has 0 spiro atoms. The summed E-state index contributed by atoms with van der Waals surface area (Å²) < 4.78 is 3.15. The van der Waals surface area contributed by atoms with E-state index in [1.165, 1.54) is 4.68 Å². The van der Waals surface area contributed by atoms with Crippen molar-refractivity contribution < 1.29 is 9.90 Å². The van der Waals surface area contributed by atoms with Crippen molar-refractivity contribution in [3.05, 3.63) is 88.1 Å². The minimum absolute atomic E-state index is 0.123. The number of aryl methyl sites for hydroxylation is 1. The molecule has 28 heavy (non-hydrogen) atoms. The first-order valence-corrected chi connectivity index (χ1v) is 9.24. The van der Waals surface area contributed by atoms with Crippen molar-refractivity contribution in [1.82, 2.24) is 14.3 Å². The Morgan fingerprint density at radius 3 is 2.50 bits per heavy atom. The SMILES string of the molecule is CC=CCc1nn(CC)c(=O)n1Cc1ccc(-c2ccccc2C(=O)O)cc1. The molecule has 0 fully saturated rings. The third-order valence-corrected chi connectivity index (χ3v) is 4.60. The van der Waals surface area contributed by atoms with Gasteiger partial charge in [0.05, 0.1) is 12.1 Å². The van der Waals surface area contributed by atoms with Crippen LogP contribution >= 0.6 is 0 Å². The second-order valence-electron chi connectivity index (χ2n) is 6.42. The predicted octanol–water partition coefficient (Wildman–Crippen LogP) is 3.60. The molecule has 0 aliphatic carbocycles. The molecule has 0 aliphatic heterocycles. The van der Waals surface area contributed by atoms with Crippen molar-refractivity contribution in [2.45, 2.75) is 33.4 Å². The number of carboxylic acid groups (broad SMARTS) is 1. The van der Waals surface area contributed by atoms with Gasteiger partial charge in [-0.3, -0.25) is 4.57 Å². The van der Waals surface area contributed by atoms with Gasteiger partial charge in [0.15, 0.2) is 0 Å². The van der Waals surface area contributed by atoms with Crippen LogP contribution in [-0.4, -0.2) is 25.4 Å². The average molecular weight is 377 g/mol. The van der Waals surface area contributed by atoms with Crippen molar-refractivity contribution in [2.75, 3.05) is 0 Å². The maximum Gasteiger partial charge on any atom is 0.346 e. The summed E-state index contributed by atoms with van der Waals surface area (Å²) in [6.45, 7) is 4.78. The number of nitrogens with zero attached hydrogens (tertiary/aromatic N) is 3. The largest absolute Gasteiger partial charge is 0.478 e. The van der Waals surface area contributed by atoms with Crippen LogP contribution in [-0.2, 0) is 19.5 Å². The quantitative estimate of drug-likeness (QED) is 0.638. The van der Waals surface area contributed by atoms with Crippen LogP contribution in [0.25, 0.3) is 11.1 Å². The molecule has 3 aromatic rings. The zero-order valence-corrected chi connectivity index (χ0v) is 16.0. The standard InChI is InChI=1S/C22H23N3O3/c1-3-5-10-20-23-25(4-2)22(28)24(20)15-16-11-13-17(14-12-16)18-8-6-7-9-19(18)21(26)27/h3,5-9,11-14H,4,10,15H2,1-2H3,(H,26,27). The second-order valence-corrected chi connectivity index (χ2v) is 6.42. The van der Waals surface area contributed by atoms with Gasteiger partial charge in [-0.15, -0.1) is 0 Å². The zero-order chi connectivity index (χ0) is 20.1. The van der Waals surface area contributed by atoms with Gasteiger partial charge in [0.1, 0.15) is 5.82 Å². The van der Waals surface area contributed by atoms with Crippen LogP contribution in [0.15, 0.2) is 65.5 Å². The summed E-state index contributed by atoms with van der Waals surface area (Å²) in [5.41, 5.74) is 2.60. The molecule has 144 valence electrons. The fourth-order valence-corrected chi connectivity index (χ4v) is 3.12. The number of hydrogen-bond acceptors (Lipinski definition) is 3. The molecule has 3 rings (SSSR count). The third-order valence-electron chi connectivity index (χ3n) is 4.60. The Morgan fingerprint density at radius 1 is 1.14 bits per heavy atom. The Morgan fingerprint density at radius 2 is 1.86 bits per heavy atom. The van der Waals surface area contributed by atoms with E-state index < -0.39 is 5.97 Å². The summed E-state index contributed by atoms with van der Waals surface area (Å²) in [5, 5.41) is 13.8. The highest BCUT2D eigenvalue weighted by Crippen LogP contribution is 2.24. The molecule has 6 nitrogen and oxygen atoms in total. The van der Waals surface area contributed by atoms with Crippen molar-refractivity contribution in [3.8, 4) is 11.1 Å². The normalized spacial score (nSPS) is 11.2. The Labute approximate surface area is 163 Å². The lowest BCUT2D eigenvalue weighted by atomic mass is 9.99. The van der Waals surface area contributed by atoms with Gasteiger partial charge in [0, 0.05) is 13.0 Å². The van der Waals surface area contributed by atoms with Crippen molar-refractivity contribution >= 4 is 5.97 Å². The molecule has 0 saturated carbocycles. The molecule has 0 amide bonds. The molecule has 0 aliphatic rings. The molecule has 0 unspecified atom stereocenters. The van der Waals surface area contributed by atoms with Crippen LogP contribution in [0.1, 0.15) is 35.6 Å². The van der Waals surface area contributed by atoms with Crippen LogP contribution in [0.2, 0.25) is 0 Å². The number of rotatable bonds is 7. The second kappa shape index (κ2) is 8.52. The van der Waals surface area contributed by atoms with Gasteiger partial charge in [-0.05, 0) is 36.6 Å². The molecule has 2 aromatic carbocycles. The average Bonchev–Trinajstić information content (AvgIpc) is 3.01. The molecule has 0 atom stereocenters. The van der Waals surface area contributed by atoms with E-state index in [0.29, 0.717) is 25.1 Å². The molecule has 1 aromatic heterocycles. The van der Waals surface area contributed by atoms with E-state index in [1.54, 1.807) is 22.8 Å². The Hall–Kier alpha value is -3.41. The van der Waals surface area contributed by atoms with E-state index in [2.05, 4.69) is 5.10 Å². The van der Waals surface area contributed by atoms with Crippen LogP contribution in [0.3, 0.4) is 0 Å². The van der Waals surface area contributed by atoms with E-state index >= 15 is 0 Å². The zero-order valence-electron chi connectivity index (χ0n) is 16.0. The summed E-state index contributed by atoms with van der Waals surface area (Å²) in [4.78, 5) is 24.0. The monoisotopic (exact) mass is 377 g/mol. The van der Waals surface area contributed by atoms with Crippen LogP contribution < -0.4 is 5.69 Å². The van der Waals surface area contributed by atoms with Gasteiger partial charge in [-0.25, -0.2) is 14.3 Å². The molecule has 1 heterocycles. The highest BCUT2D eigenvalue weighted by atomic mass is 16.4. The summed E-state index contributed by atoms with van der Waals surface area (Å²) in [6, 6.07) is 14.5. The summed E-state index contributed by atoms with van der Waals surface area (Å²) in [5.74, 6) is -0.225. The minimum atomic E-state index is -0.952. The third kappa shape index (κ3) is 3.96. The number of carboxylic acids is 1. The molecule has 0 radical (unpaired) electrons. The van der Waals surface area contributed by atoms with Gasteiger partial charge >= 0.3 is 11.7 Å². The van der Waals surface area contributed by atoms with Crippen molar-refractivity contribution in [1.29, 1.82) is 0 Å². The lowest BCUT2D eigenvalue weighted by Crippen LogP contribution is -2.25. The smallest absolute Gasteiger partial charge is 0.346 e. The van der Waals surface area contributed by atoms with E-state index in [9.17, 15) is 14.7 Å². The Kier molecular flexibility index (Phi) is 5.89. The number of allylic oxidation sites excluding steroid dienone is 2. The molecular formula is C22H23N3O3. The lowest BCUT2D eigenvalue weighted by molar-refractivity contribution is 0.0697. The summed E-state index contributed by atoms with van der Waals surface area (Å²) in [6.07, 6.45) is 4.52. The maximum absolute atomic E-state index is 12.6. The predicted molar refractivity (Wildman–Crippen MR) is 109 cm³/mol. The number of hydrogen-bond donors (Lipinski definition) is 1. The lowest BCUT2D eigenvalue weighted by Gasteiger charge is -2.08. The topological polar surface area (TPSA) is 77.1 Å². The van der Waals surface area contributed by atoms with Gasteiger partial charge < -0.3 is 5.11 Å². The summed E-state index contributed by atoms with van der Waals surface area (Å²) in [7, 11) is 0. The first-order chi connectivity index (χ1) is 13.5.